The molecule has 0 unspecified atom stereocenters. The first-order valence-corrected chi connectivity index (χ1v) is 5.61. The van der Waals surface area contributed by atoms with Crippen LogP contribution in [0, 0.1) is 0 Å². The van der Waals surface area contributed by atoms with Gasteiger partial charge < -0.3 is 10.3 Å². The lowest BCUT2D eigenvalue weighted by Crippen LogP contribution is -2.05. The van der Waals surface area contributed by atoms with Crippen molar-refractivity contribution in [2.45, 2.75) is 6.54 Å². The van der Waals surface area contributed by atoms with Crippen LogP contribution in [0.4, 0.5) is 0 Å². The third-order valence-corrected chi connectivity index (χ3v) is 2.73. The highest BCUT2D eigenvalue weighted by Gasteiger charge is 2.09. The fourth-order valence-corrected chi connectivity index (χ4v) is 1.84. The van der Waals surface area contributed by atoms with Gasteiger partial charge in [0.1, 0.15) is 5.82 Å². The highest BCUT2D eigenvalue weighted by molar-refractivity contribution is 6.31. The lowest BCUT2D eigenvalue weighted by Gasteiger charge is -1.97. The van der Waals surface area contributed by atoms with E-state index in [0.717, 1.165) is 17.1 Å². The third kappa shape index (κ3) is 2.38. The molecule has 0 fully saturated rings. The first kappa shape index (κ1) is 11.5. The molecule has 0 saturated carbocycles. The molecule has 2 aromatic rings. The summed E-state index contributed by atoms with van der Waals surface area (Å²) < 4.78 is 0. The average molecular weight is 256 g/mol. The van der Waals surface area contributed by atoms with Crippen molar-refractivity contribution in [3.05, 3.63) is 40.1 Å². The van der Waals surface area contributed by atoms with Gasteiger partial charge in [0.25, 0.3) is 0 Å². The Kier molecular flexibility index (Phi) is 3.49. The Morgan fingerprint density at radius 3 is 2.88 bits per heavy atom. The molecule has 0 aliphatic rings. The molecule has 0 atom stereocenters. The maximum absolute atomic E-state index is 6.00. The smallest absolute Gasteiger partial charge is 0.152 e. The number of halogens is 2. The Labute approximate surface area is 104 Å². The maximum atomic E-state index is 6.00. The van der Waals surface area contributed by atoms with Crippen molar-refractivity contribution in [3.63, 3.8) is 0 Å². The van der Waals surface area contributed by atoms with Crippen LogP contribution in [-0.2, 0) is 6.54 Å². The number of aromatic amines is 1. The number of imidazole rings is 1. The second kappa shape index (κ2) is 4.87. The molecule has 5 heteroatoms. The molecule has 1 aromatic carbocycles. The van der Waals surface area contributed by atoms with Crippen molar-refractivity contribution < 1.29 is 0 Å². The van der Waals surface area contributed by atoms with Crippen LogP contribution in [0.5, 0.6) is 0 Å². The molecule has 0 amide bonds. The number of aromatic nitrogens is 2. The summed E-state index contributed by atoms with van der Waals surface area (Å²) >= 11 is 11.9. The molecule has 1 heterocycles. The van der Waals surface area contributed by atoms with E-state index in [1.807, 2.05) is 31.3 Å². The van der Waals surface area contributed by atoms with Gasteiger partial charge in [-0.3, -0.25) is 0 Å². The summed E-state index contributed by atoms with van der Waals surface area (Å²) in [6.07, 6.45) is 0. The van der Waals surface area contributed by atoms with Gasteiger partial charge in [0.05, 0.1) is 5.69 Å². The molecule has 0 aliphatic carbocycles. The minimum atomic E-state index is 0.490. The molecule has 0 bridgehead atoms. The van der Waals surface area contributed by atoms with Crippen molar-refractivity contribution in [1.29, 1.82) is 0 Å². The zero-order valence-corrected chi connectivity index (χ0v) is 10.2. The zero-order valence-electron chi connectivity index (χ0n) is 8.72. The summed E-state index contributed by atoms with van der Waals surface area (Å²) in [7, 11) is 1.86. The molecule has 1 aromatic heterocycles. The number of benzene rings is 1. The van der Waals surface area contributed by atoms with E-state index in [0.29, 0.717) is 16.7 Å². The molecular weight excluding hydrogens is 245 g/mol. The lowest BCUT2D eigenvalue weighted by atomic mass is 10.2. The summed E-state index contributed by atoms with van der Waals surface area (Å²) in [5.41, 5.74) is 1.80. The van der Waals surface area contributed by atoms with E-state index in [4.69, 9.17) is 23.2 Å². The van der Waals surface area contributed by atoms with Crippen molar-refractivity contribution in [2.75, 3.05) is 7.05 Å². The molecule has 2 N–H and O–H groups in total. The molecule has 0 aliphatic heterocycles. The quantitative estimate of drug-likeness (QED) is 0.885. The Morgan fingerprint density at radius 1 is 1.38 bits per heavy atom. The van der Waals surface area contributed by atoms with Gasteiger partial charge in [-0.2, -0.15) is 0 Å². The number of nitrogens with one attached hydrogen (secondary N) is 2. The number of hydrogen-bond acceptors (Lipinski definition) is 2. The monoisotopic (exact) mass is 255 g/mol. The Hall–Kier alpha value is -1.03. The normalized spacial score (nSPS) is 10.7. The summed E-state index contributed by atoms with van der Waals surface area (Å²) in [5, 5.41) is 4.19. The SMILES string of the molecule is CNCc1[nH]c(-c2cccc(Cl)c2)nc1Cl. The van der Waals surface area contributed by atoms with Gasteiger partial charge in [0.15, 0.2) is 5.15 Å². The van der Waals surface area contributed by atoms with Crippen molar-refractivity contribution in [1.82, 2.24) is 15.3 Å². The van der Waals surface area contributed by atoms with E-state index in [-0.39, 0.29) is 0 Å². The van der Waals surface area contributed by atoms with Crippen LogP contribution in [-0.4, -0.2) is 17.0 Å². The minimum Gasteiger partial charge on any atom is -0.339 e. The van der Waals surface area contributed by atoms with Crippen molar-refractivity contribution >= 4 is 23.2 Å². The summed E-state index contributed by atoms with van der Waals surface area (Å²) in [5.74, 6) is 0.734. The van der Waals surface area contributed by atoms with Crippen LogP contribution in [0.2, 0.25) is 10.2 Å². The van der Waals surface area contributed by atoms with Crippen molar-refractivity contribution in [3.8, 4) is 11.4 Å². The Balaban J connectivity index is 2.37. The average Bonchev–Trinajstić information content (AvgIpc) is 2.61. The highest BCUT2D eigenvalue weighted by Crippen LogP contribution is 2.23. The van der Waals surface area contributed by atoms with Crippen LogP contribution < -0.4 is 5.32 Å². The van der Waals surface area contributed by atoms with Gasteiger partial charge in [-0.15, -0.1) is 0 Å². The predicted octanol–water partition coefficient (Wildman–Crippen LogP) is 3.10. The van der Waals surface area contributed by atoms with Crippen LogP contribution in [0.1, 0.15) is 5.69 Å². The maximum Gasteiger partial charge on any atom is 0.152 e. The number of hydrogen-bond donors (Lipinski definition) is 2. The number of nitrogens with zero attached hydrogens (tertiary/aromatic N) is 1. The zero-order chi connectivity index (χ0) is 11.5. The van der Waals surface area contributed by atoms with E-state index in [1.54, 1.807) is 0 Å². The van der Waals surface area contributed by atoms with Gasteiger partial charge in [0.2, 0.25) is 0 Å². The van der Waals surface area contributed by atoms with Crippen molar-refractivity contribution in [2.24, 2.45) is 0 Å². The molecule has 84 valence electrons. The standard InChI is InChI=1S/C11H11Cl2N3/c1-14-6-9-10(13)16-11(15-9)7-3-2-4-8(12)5-7/h2-5,14H,6H2,1H3,(H,15,16). The summed E-state index contributed by atoms with van der Waals surface area (Å²) in [6, 6.07) is 7.49. The van der Waals surface area contributed by atoms with Crippen LogP contribution in [0.15, 0.2) is 24.3 Å². The second-order valence-corrected chi connectivity index (χ2v) is 4.19. The van der Waals surface area contributed by atoms with E-state index in [1.165, 1.54) is 0 Å². The van der Waals surface area contributed by atoms with E-state index in [9.17, 15) is 0 Å². The minimum absolute atomic E-state index is 0.490. The summed E-state index contributed by atoms with van der Waals surface area (Å²) in [4.78, 5) is 7.41. The van der Waals surface area contributed by atoms with Gasteiger partial charge in [-0.05, 0) is 19.2 Å². The van der Waals surface area contributed by atoms with E-state index in [2.05, 4.69) is 15.3 Å². The largest absolute Gasteiger partial charge is 0.339 e. The molecular formula is C11H11Cl2N3. The molecule has 16 heavy (non-hydrogen) atoms. The highest BCUT2D eigenvalue weighted by atomic mass is 35.5. The fraction of sp³-hybridized carbons (Fsp3) is 0.182. The van der Waals surface area contributed by atoms with Gasteiger partial charge >= 0.3 is 0 Å². The number of rotatable bonds is 3. The van der Waals surface area contributed by atoms with E-state index >= 15 is 0 Å². The molecule has 2 rings (SSSR count). The topological polar surface area (TPSA) is 40.7 Å². The molecule has 0 spiro atoms. The first-order chi connectivity index (χ1) is 7.70. The van der Waals surface area contributed by atoms with E-state index < -0.39 is 0 Å². The molecule has 0 saturated heterocycles. The van der Waals surface area contributed by atoms with Gasteiger partial charge in [-0.25, -0.2) is 4.98 Å². The van der Waals surface area contributed by atoms with Crippen LogP contribution in [0.3, 0.4) is 0 Å². The Morgan fingerprint density at radius 2 is 2.19 bits per heavy atom. The molecule has 0 radical (unpaired) electrons. The Bertz CT molecular complexity index is 494. The van der Waals surface area contributed by atoms with Gasteiger partial charge in [-0.1, -0.05) is 35.3 Å². The fourth-order valence-electron chi connectivity index (χ4n) is 1.45. The van der Waals surface area contributed by atoms with Gasteiger partial charge in [0, 0.05) is 17.1 Å². The third-order valence-electron chi connectivity index (χ3n) is 2.18. The lowest BCUT2D eigenvalue weighted by molar-refractivity contribution is 0.798. The van der Waals surface area contributed by atoms with Crippen LogP contribution >= 0.6 is 23.2 Å². The summed E-state index contributed by atoms with van der Waals surface area (Å²) in [6.45, 7) is 0.659. The second-order valence-electron chi connectivity index (χ2n) is 3.40. The number of H-pyrrole nitrogens is 1. The first-order valence-electron chi connectivity index (χ1n) is 4.85. The molecule has 3 nitrogen and oxygen atoms in total. The van der Waals surface area contributed by atoms with Crippen LogP contribution in [0.25, 0.3) is 11.4 Å². The predicted molar refractivity (Wildman–Crippen MR) is 66.8 cm³/mol.